The number of carbonyl (C=O) groups excluding carboxylic acids is 1. The summed E-state index contributed by atoms with van der Waals surface area (Å²) in [6.45, 7) is 1.80. The lowest BCUT2D eigenvalue weighted by molar-refractivity contribution is -0.124. The van der Waals surface area contributed by atoms with Crippen molar-refractivity contribution in [2.45, 2.75) is 19.5 Å². The molecule has 1 unspecified atom stereocenters. The van der Waals surface area contributed by atoms with Crippen molar-refractivity contribution >= 4 is 29.1 Å². The van der Waals surface area contributed by atoms with Gasteiger partial charge in [0, 0.05) is 0 Å². The third-order valence-corrected chi connectivity index (χ3v) is 3.44. The molecule has 6 nitrogen and oxygen atoms in total. The number of amides is 1. The highest BCUT2D eigenvalue weighted by atomic mass is 35.5. The highest BCUT2D eigenvalue weighted by molar-refractivity contribution is 6.40. The van der Waals surface area contributed by atoms with E-state index in [9.17, 15) is 9.59 Å². The largest absolute Gasteiger partial charge is 0.467 e. The molecule has 0 spiro atoms. The lowest BCUT2D eigenvalue weighted by Crippen LogP contribution is -2.35. The Balaban J connectivity index is 2.11. The van der Waals surface area contributed by atoms with E-state index < -0.39 is 11.6 Å². The van der Waals surface area contributed by atoms with E-state index in [-0.39, 0.29) is 22.6 Å². The van der Waals surface area contributed by atoms with Crippen molar-refractivity contribution in [2.75, 3.05) is 0 Å². The van der Waals surface area contributed by atoms with Crippen LogP contribution in [0.4, 0.5) is 0 Å². The van der Waals surface area contributed by atoms with Gasteiger partial charge in [-0.25, -0.2) is 4.98 Å². The Morgan fingerprint density at radius 2 is 2.30 bits per heavy atom. The van der Waals surface area contributed by atoms with Crippen molar-refractivity contribution in [1.82, 2.24) is 14.9 Å². The van der Waals surface area contributed by atoms with E-state index in [1.807, 2.05) is 0 Å². The monoisotopic (exact) mass is 315 g/mol. The summed E-state index contributed by atoms with van der Waals surface area (Å²) in [4.78, 5) is 27.6. The van der Waals surface area contributed by atoms with Crippen LogP contribution in [0.5, 0.6) is 0 Å². The van der Waals surface area contributed by atoms with Gasteiger partial charge >= 0.3 is 0 Å². The Hall–Kier alpha value is -1.79. The number of hydrogen-bond donors (Lipinski definition) is 1. The Bertz CT molecular complexity index is 667. The van der Waals surface area contributed by atoms with Crippen molar-refractivity contribution in [1.29, 1.82) is 0 Å². The molecule has 0 bridgehead atoms. The highest BCUT2D eigenvalue weighted by Crippen LogP contribution is 2.14. The van der Waals surface area contributed by atoms with Gasteiger partial charge in [-0.15, -0.1) is 0 Å². The number of furan rings is 1. The molecule has 0 saturated carbocycles. The SMILES string of the molecule is CC(C(=O)NCc1ccco1)n1cnc(Cl)c(Cl)c1=O. The molecule has 0 aliphatic rings. The van der Waals surface area contributed by atoms with Gasteiger partial charge in [0.25, 0.3) is 5.56 Å². The van der Waals surface area contributed by atoms with Gasteiger partial charge in [0.05, 0.1) is 12.8 Å². The van der Waals surface area contributed by atoms with Gasteiger partial charge < -0.3 is 9.73 Å². The number of aromatic nitrogens is 2. The van der Waals surface area contributed by atoms with Gasteiger partial charge in [-0.3, -0.25) is 14.2 Å². The lowest BCUT2D eigenvalue weighted by atomic mass is 10.3. The number of halogens is 2. The van der Waals surface area contributed by atoms with E-state index >= 15 is 0 Å². The van der Waals surface area contributed by atoms with Crippen molar-refractivity contribution in [3.63, 3.8) is 0 Å². The molecule has 8 heteroatoms. The second-order valence-electron chi connectivity index (χ2n) is 4.03. The van der Waals surface area contributed by atoms with Crippen LogP contribution >= 0.6 is 23.2 Å². The molecule has 0 aromatic carbocycles. The minimum atomic E-state index is -0.764. The highest BCUT2D eigenvalue weighted by Gasteiger charge is 2.18. The predicted molar refractivity (Wildman–Crippen MR) is 73.8 cm³/mol. The van der Waals surface area contributed by atoms with Crippen molar-refractivity contribution < 1.29 is 9.21 Å². The average molecular weight is 316 g/mol. The Morgan fingerprint density at radius 1 is 1.55 bits per heavy atom. The van der Waals surface area contributed by atoms with Crippen molar-refractivity contribution in [2.24, 2.45) is 0 Å². The first-order valence-corrected chi connectivity index (χ1v) is 6.48. The summed E-state index contributed by atoms with van der Waals surface area (Å²) in [7, 11) is 0. The van der Waals surface area contributed by atoms with E-state index in [2.05, 4.69) is 10.3 Å². The molecule has 2 rings (SSSR count). The number of rotatable bonds is 4. The third-order valence-electron chi connectivity index (χ3n) is 2.71. The normalized spacial score (nSPS) is 12.2. The summed E-state index contributed by atoms with van der Waals surface area (Å²) >= 11 is 11.3. The van der Waals surface area contributed by atoms with Gasteiger partial charge in [0.15, 0.2) is 5.15 Å². The van der Waals surface area contributed by atoms with Crippen LogP contribution < -0.4 is 10.9 Å². The van der Waals surface area contributed by atoms with Crippen LogP contribution in [0.3, 0.4) is 0 Å². The fourth-order valence-corrected chi connectivity index (χ4v) is 1.83. The third kappa shape index (κ3) is 3.02. The molecule has 1 N–H and O–H groups in total. The average Bonchev–Trinajstić information content (AvgIpc) is 2.95. The Labute approximate surface area is 124 Å². The molecule has 2 heterocycles. The second kappa shape index (κ2) is 6.11. The molecule has 106 valence electrons. The molecule has 1 amide bonds. The van der Waals surface area contributed by atoms with Crippen LogP contribution in [-0.2, 0) is 11.3 Å². The molecule has 1 atom stereocenters. The second-order valence-corrected chi connectivity index (χ2v) is 4.77. The fraction of sp³-hybridized carbons (Fsp3) is 0.250. The molecule has 2 aromatic heterocycles. The predicted octanol–water partition coefficient (Wildman–Crippen LogP) is 2.02. The smallest absolute Gasteiger partial charge is 0.274 e. The lowest BCUT2D eigenvalue weighted by Gasteiger charge is -2.14. The summed E-state index contributed by atoms with van der Waals surface area (Å²) in [5.74, 6) is 0.258. The van der Waals surface area contributed by atoms with E-state index in [0.717, 1.165) is 4.57 Å². The molecule has 2 aromatic rings. The molecule has 0 aliphatic heterocycles. The summed E-state index contributed by atoms with van der Waals surface area (Å²) in [6, 6.07) is 2.69. The molecule has 0 saturated heterocycles. The number of nitrogens with zero attached hydrogens (tertiary/aromatic N) is 2. The van der Waals surface area contributed by atoms with Gasteiger partial charge in [-0.1, -0.05) is 23.2 Å². The van der Waals surface area contributed by atoms with E-state index in [4.69, 9.17) is 27.6 Å². The first-order valence-electron chi connectivity index (χ1n) is 5.73. The molecular weight excluding hydrogens is 305 g/mol. The summed E-state index contributed by atoms with van der Waals surface area (Å²) < 4.78 is 6.21. The van der Waals surface area contributed by atoms with E-state index in [1.54, 1.807) is 19.1 Å². The maximum atomic E-state index is 12.0. The molecule has 0 radical (unpaired) electrons. The molecule has 0 aliphatic carbocycles. The topological polar surface area (TPSA) is 77.1 Å². The number of hydrogen-bond acceptors (Lipinski definition) is 4. The van der Waals surface area contributed by atoms with Gasteiger partial charge in [-0.2, -0.15) is 0 Å². The Morgan fingerprint density at radius 3 is 2.95 bits per heavy atom. The van der Waals surface area contributed by atoms with Crippen LogP contribution in [0.2, 0.25) is 10.2 Å². The quantitative estimate of drug-likeness (QED) is 0.876. The van der Waals surface area contributed by atoms with Crippen LogP contribution in [0.15, 0.2) is 33.9 Å². The van der Waals surface area contributed by atoms with Crippen LogP contribution in [-0.4, -0.2) is 15.5 Å². The van der Waals surface area contributed by atoms with Crippen molar-refractivity contribution in [3.8, 4) is 0 Å². The standard InChI is InChI=1S/C12H11Cl2N3O3/c1-7(11(18)15-5-8-3-2-4-20-8)17-6-16-10(14)9(13)12(17)19/h2-4,6-7H,5H2,1H3,(H,15,18). The van der Waals surface area contributed by atoms with Crippen molar-refractivity contribution in [3.05, 3.63) is 51.0 Å². The molecular formula is C12H11Cl2N3O3. The zero-order valence-corrected chi connectivity index (χ0v) is 12.0. The van der Waals surface area contributed by atoms with Crippen LogP contribution in [0.25, 0.3) is 0 Å². The minimum Gasteiger partial charge on any atom is -0.467 e. The van der Waals surface area contributed by atoms with E-state index in [0.29, 0.717) is 5.76 Å². The van der Waals surface area contributed by atoms with E-state index in [1.165, 1.54) is 12.6 Å². The summed E-state index contributed by atoms with van der Waals surface area (Å²) in [6.07, 6.45) is 2.70. The van der Waals surface area contributed by atoms with Gasteiger partial charge in [-0.05, 0) is 19.1 Å². The zero-order chi connectivity index (χ0) is 14.7. The molecule has 20 heavy (non-hydrogen) atoms. The first-order chi connectivity index (χ1) is 9.50. The van der Waals surface area contributed by atoms with Gasteiger partial charge in [0.1, 0.15) is 23.2 Å². The van der Waals surface area contributed by atoms with Crippen LogP contribution in [0, 0.1) is 0 Å². The number of nitrogens with one attached hydrogen (secondary N) is 1. The fourth-order valence-electron chi connectivity index (χ4n) is 1.56. The first kappa shape index (κ1) is 14.6. The number of carbonyl (C=O) groups is 1. The minimum absolute atomic E-state index is 0.0869. The zero-order valence-electron chi connectivity index (χ0n) is 10.5. The van der Waals surface area contributed by atoms with Crippen LogP contribution in [0.1, 0.15) is 18.7 Å². The molecule has 0 fully saturated rings. The van der Waals surface area contributed by atoms with Gasteiger partial charge in [0.2, 0.25) is 5.91 Å². The maximum absolute atomic E-state index is 12.0. The summed E-state index contributed by atoms with van der Waals surface area (Å²) in [5, 5.41) is 2.35. The summed E-state index contributed by atoms with van der Waals surface area (Å²) in [5.41, 5.74) is -0.563. The Kier molecular flexibility index (Phi) is 4.46. The maximum Gasteiger partial charge on any atom is 0.274 e.